The van der Waals surface area contributed by atoms with Crippen LogP contribution in [0, 0.1) is 12.7 Å². The minimum atomic E-state index is -0.598. The van der Waals surface area contributed by atoms with Crippen LogP contribution < -0.4 is 20.9 Å². The number of fused-ring (bicyclic) bond motifs is 1. The third-order valence-corrected chi connectivity index (χ3v) is 5.03. The van der Waals surface area contributed by atoms with Gasteiger partial charge in [-0.2, -0.15) is 0 Å². The summed E-state index contributed by atoms with van der Waals surface area (Å²) in [7, 11) is 1.35. The van der Waals surface area contributed by atoms with E-state index >= 15 is 4.39 Å². The first-order valence-electron chi connectivity index (χ1n) is 8.34. The van der Waals surface area contributed by atoms with Crippen LogP contribution in [0.15, 0.2) is 9.59 Å². The van der Waals surface area contributed by atoms with Gasteiger partial charge in [0.05, 0.1) is 18.3 Å². The van der Waals surface area contributed by atoms with Crippen LogP contribution >= 0.6 is 0 Å². The molecule has 1 aliphatic heterocycles. The van der Waals surface area contributed by atoms with E-state index in [1.807, 2.05) is 4.90 Å². The molecule has 1 aromatic heterocycles. The third kappa shape index (κ3) is 2.07. The summed E-state index contributed by atoms with van der Waals surface area (Å²) in [6.07, 6.45) is 3.78. The van der Waals surface area contributed by atoms with Crippen LogP contribution in [-0.2, 0) is 0 Å². The van der Waals surface area contributed by atoms with Crippen molar-refractivity contribution in [1.82, 2.24) is 9.55 Å². The van der Waals surface area contributed by atoms with Crippen molar-refractivity contribution in [3.8, 4) is 5.75 Å². The van der Waals surface area contributed by atoms with Gasteiger partial charge < -0.3 is 9.64 Å². The Morgan fingerprint density at radius 2 is 1.88 bits per heavy atom. The second-order valence-corrected chi connectivity index (χ2v) is 6.60. The molecule has 4 rings (SSSR count). The van der Waals surface area contributed by atoms with E-state index in [-0.39, 0.29) is 17.2 Å². The van der Waals surface area contributed by atoms with Gasteiger partial charge in [0, 0.05) is 24.7 Å². The molecule has 0 bridgehead atoms. The van der Waals surface area contributed by atoms with Crippen LogP contribution in [0.3, 0.4) is 0 Å². The van der Waals surface area contributed by atoms with Gasteiger partial charge >= 0.3 is 5.69 Å². The first-order valence-corrected chi connectivity index (χ1v) is 8.34. The van der Waals surface area contributed by atoms with Crippen molar-refractivity contribution in [2.24, 2.45) is 0 Å². The lowest BCUT2D eigenvalue weighted by atomic mass is 10.1. The number of aromatic nitrogens is 2. The minimum absolute atomic E-state index is 0.0668. The highest BCUT2D eigenvalue weighted by atomic mass is 19.1. The molecule has 7 heteroatoms. The van der Waals surface area contributed by atoms with E-state index < -0.39 is 17.1 Å². The molecule has 1 aliphatic carbocycles. The van der Waals surface area contributed by atoms with Gasteiger partial charge in [-0.25, -0.2) is 9.18 Å². The Hall–Kier alpha value is -2.31. The molecular formula is C17H20FN3O3. The van der Waals surface area contributed by atoms with E-state index in [4.69, 9.17) is 4.74 Å². The maximum absolute atomic E-state index is 15.1. The number of nitrogens with one attached hydrogen (secondary N) is 1. The number of halogens is 1. The maximum atomic E-state index is 15.1. The van der Waals surface area contributed by atoms with Crippen molar-refractivity contribution in [2.75, 3.05) is 25.1 Å². The fourth-order valence-electron chi connectivity index (χ4n) is 3.81. The first-order chi connectivity index (χ1) is 11.5. The smallest absolute Gasteiger partial charge is 0.329 e. The average molecular weight is 333 g/mol. The quantitative estimate of drug-likeness (QED) is 0.934. The number of rotatable bonds is 3. The number of anilines is 1. The first kappa shape index (κ1) is 15.2. The number of benzene rings is 1. The highest BCUT2D eigenvalue weighted by molar-refractivity contribution is 5.93. The van der Waals surface area contributed by atoms with E-state index in [1.165, 1.54) is 7.11 Å². The Bertz CT molecular complexity index is 937. The van der Waals surface area contributed by atoms with Gasteiger partial charge in [0.1, 0.15) is 5.39 Å². The molecule has 1 saturated heterocycles. The normalized spacial score (nSPS) is 17.7. The number of hydrogen-bond donors (Lipinski definition) is 1. The average Bonchev–Trinajstić information content (AvgIpc) is 3.23. The second kappa shape index (κ2) is 5.36. The summed E-state index contributed by atoms with van der Waals surface area (Å²) in [5.41, 5.74) is 0.570. The molecule has 0 unspecified atom stereocenters. The minimum Gasteiger partial charge on any atom is -0.493 e. The van der Waals surface area contributed by atoms with Crippen molar-refractivity contribution in [2.45, 2.75) is 38.6 Å². The van der Waals surface area contributed by atoms with E-state index in [0.717, 1.165) is 38.8 Å². The number of methoxy groups -OCH3 is 1. The van der Waals surface area contributed by atoms with E-state index in [0.29, 0.717) is 16.8 Å². The molecule has 24 heavy (non-hydrogen) atoms. The topological polar surface area (TPSA) is 67.3 Å². The molecule has 0 atom stereocenters. The fraction of sp³-hybridized carbons (Fsp3) is 0.529. The van der Waals surface area contributed by atoms with Crippen LogP contribution in [0.25, 0.3) is 10.9 Å². The maximum Gasteiger partial charge on any atom is 0.329 e. The summed E-state index contributed by atoms with van der Waals surface area (Å²) in [6, 6.07) is 0.0668. The lowest BCUT2D eigenvalue weighted by molar-refractivity contribution is 0.391. The zero-order valence-corrected chi connectivity index (χ0v) is 13.8. The molecular weight excluding hydrogens is 313 g/mol. The Kier molecular flexibility index (Phi) is 3.40. The second-order valence-electron chi connectivity index (χ2n) is 6.60. The summed E-state index contributed by atoms with van der Waals surface area (Å²) in [5.74, 6) is -0.593. The number of aryl methyl sites for hydroxylation is 1. The van der Waals surface area contributed by atoms with Gasteiger partial charge in [0.2, 0.25) is 0 Å². The standard InChI is InChI=1S/C17H20FN3O3/c1-9-13-11(16(22)19-17(23)21(13)10-5-6-10)15(24-2)12(18)14(9)20-7-3-4-8-20/h10H,3-8H2,1-2H3,(H,19,22,23). The molecule has 0 spiro atoms. The van der Waals surface area contributed by atoms with Gasteiger partial charge in [0.15, 0.2) is 11.6 Å². The Labute approximate surface area is 137 Å². The Balaban J connectivity index is 2.17. The van der Waals surface area contributed by atoms with Crippen molar-refractivity contribution in [3.05, 3.63) is 32.2 Å². The summed E-state index contributed by atoms with van der Waals surface area (Å²) in [5, 5.41) is 0.127. The van der Waals surface area contributed by atoms with Gasteiger partial charge in [0.25, 0.3) is 5.56 Å². The molecule has 2 aromatic rings. The lowest BCUT2D eigenvalue weighted by Gasteiger charge is -2.24. The highest BCUT2D eigenvalue weighted by Crippen LogP contribution is 2.42. The molecule has 2 aliphatic rings. The Morgan fingerprint density at radius 1 is 1.21 bits per heavy atom. The SMILES string of the molecule is COc1c(F)c(N2CCCC2)c(C)c2c1c(=O)[nH]c(=O)n2C1CC1. The molecule has 1 aromatic carbocycles. The number of ether oxygens (including phenoxy) is 1. The predicted octanol–water partition coefficient (Wildman–Crippen LogP) is 2.08. The molecule has 2 heterocycles. The van der Waals surface area contributed by atoms with Crippen molar-refractivity contribution >= 4 is 16.6 Å². The number of H-pyrrole nitrogens is 1. The van der Waals surface area contributed by atoms with E-state index in [9.17, 15) is 9.59 Å². The Morgan fingerprint density at radius 3 is 2.46 bits per heavy atom. The summed E-state index contributed by atoms with van der Waals surface area (Å²) in [6.45, 7) is 3.32. The van der Waals surface area contributed by atoms with E-state index in [1.54, 1.807) is 11.5 Å². The number of hydrogen-bond acceptors (Lipinski definition) is 4. The van der Waals surface area contributed by atoms with Crippen molar-refractivity contribution < 1.29 is 9.13 Å². The van der Waals surface area contributed by atoms with Crippen LogP contribution in [0.1, 0.15) is 37.3 Å². The van der Waals surface area contributed by atoms with Crippen LogP contribution in [0.5, 0.6) is 5.75 Å². The van der Waals surface area contributed by atoms with Crippen LogP contribution in [0.4, 0.5) is 10.1 Å². The third-order valence-electron chi connectivity index (χ3n) is 5.03. The van der Waals surface area contributed by atoms with Gasteiger partial charge in [-0.05, 0) is 32.6 Å². The molecule has 6 nitrogen and oxygen atoms in total. The molecule has 0 radical (unpaired) electrons. The van der Waals surface area contributed by atoms with Crippen molar-refractivity contribution in [1.29, 1.82) is 0 Å². The summed E-state index contributed by atoms with van der Waals surface area (Å²) >= 11 is 0. The lowest BCUT2D eigenvalue weighted by Crippen LogP contribution is -2.31. The van der Waals surface area contributed by atoms with Gasteiger partial charge in [-0.3, -0.25) is 14.3 Å². The van der Waals surface area contributed by atoms with Gasteiger partial charge in [-0.1, -0.05) is 0 Å². The highest BCUT2D eigenvalue weighted by Gasteiger charge is 2.32. The van der Waals surface area contributed by atoms with Crippen LogP contribution in [0.2, 0.25) is 0 Å². The molecule has 128 valence electrons. The number of nitrogens with zero attached hydrogens (tertiary/aromatic N) is 2. The molecule has 2 fully saturated rings. The molecule has 1 N–H and O–H groups in total. The van der Waals surface area contributed by atoms with Gasteiger partial charge in [-0.15, -0.1) is 0 Å². The molecule has 0 amide bonds. The van der Waals surface area contributed by atoms with Crippen LogP contribution in [-0.4, -0.2) is 29.8 Å². The molecule has 1 saturated carbocycles. The largest absolute Gasteiger partial charge is 0.493 e. The number of aromatic amines is 1. The van der Waals surface area contributed by atoms with Crippen molar-refractivity contribution in [3.63, 3.8) is 0 Å². The van der Waals surface area contributed by atoms with E-state index in [2.05, 4.69) is 4.98 Å². The summed E-state index contributed by atoms with van der Waals surface area (Å²) < 4.78 is 22.0. The predicted molar refractivity (Wildman–Crippen MR) is 89.8 cm³/mol. The zero-order valence-electron chi connectivity index (χ0n) is 13.8. The zero-order chi connectivity index (χ0) is 17.0. The fourth-order valence-corrected chi connectivity index (χ4v) is 3.81. The monoisotopic (exact) mass is 333 g/mol. The summed E-state index contributed by atoms with van der Waals surface area (Å²) in [4.78, 5) is 29.0.